The molecule has 5 nitrogen and oxygen atoms in total. The van der Waals surface area contributed by atoms with Gasteiger partial charge in [0.25, 0.3) is 0 Å². The maximum atomic E-state index is 5.82. The van der Waals surface area contributed by atoms with Crippen LogP contribution < -0.4 is 10.5 Å². The molecule has 118 valence electrons. The van der Waals surface area contributed by atoms with Crippen LogP contribution in [0.1, 0.15) is 22.5 Å². The molecule has 0 saturated carbocycles. The van der Waals surface area contributed by atoms with E-state index in [1.54, 1.807) is 7.11 Å². The molecule has 2 N–H and O–H groups in total. The highest BCUT2D eigenvalue weighted by Gasteiger charge is 2.12. The van der Waals surface area contributed by atoms with Gasteiger partial charge in [0, 0.05) is 13.0 Å². The van der Waals surface area contributed by atoms with E-state index in [1.807, 2.05) is 35.0 Å². The van der Waals surface area contributed by atoms with Gasteiger partial charge in [-0.1, -0.05) is 47.7 Å². The first-order valence-electron chi connectivity index (χ1n) is 7.58. The standard InChI is InChI=1S/C18H20N4O/c1-23-16-9-7-14(8-10-16)11-18-17(12-19)20-21-22(18)13-15-5-3-2-4-6-15/h2-10H,11-13,19H2,1H3. The van der Waals surface area contributed by atoms with E-state index in [2.05, 4.69) is 34.6 Å². The van der Waals surface area contributed by atoms with E-state index in [0.29, 0.717) is 13.1 Å². The molecule has 0 spiro atoms. The lowest BCUT2D eigenvalue weighted by Gasteiger charge is -2.09. The fourth-order valence-electron chi connectivity index (χ4n) is 2.54. The molecule has 0 radical (unpaired) electrons. The van der Waals surface area contributed by atoms with Crippen molar-refractivity contribution >= 4 is 0 Å². The summed E-state index contributed by atoms with van der Waals surface area (Å²) in [6.45, 7) is 1.08. The summed E-state index contributed by atoms with van der Waals surface area (Å²) < 4.78 is 7.13. The van der Waals surface area contributed by atoms with Crippen LogP contribution in [0.15, 0.2) is 54.6 Å². The van der Waals surface area contributed by atoms with Crippen LogP contribution in [0.25, 0.3) is 0 Å². The van der Waals surface area contributed by atoms with Gasteiger partial charge < -0.3 is 10.5 Å². The van der Waals surface area contributed by atoms with Crippen molar-refractivity contribution in [3.63, 3.8) is 0 Å². The van der Waals surface area contributed by atoms with Gasteiger partial charge in [-0.05, 0) is 23.3 Å². The largest absolute Gasteiger partial charge is 0.497 e. The number of aromatic nitrogens is 3. The van der Waals surface area contributed by atoms with Gasteiger partial charge in [-0.2, -0.15) is 0 Å². The molecule has 0 unspecified atom stereocenters. The van der Waals surface area contributed by atoms with Gasteiger partial charge in [0.2, 0.25) is 0 Å². The Morgan fingerprint density at radius 1 is 1.00 bits per heavy atom. The van der Waals surface area contributed by atoms with Crippen LogP contribution in [0, 0.1) is 0 Å². The summed E-state index contributed by atoms with van der Waals surface area (Å²) in [6, 6.07) is 18.3. The van der Waals surface area contributed by atoms with E-state index in [4.69, 9.17) is 10.5 Å². The highest BCUT2D eigenvalue weighted by atomic mass is 16.5. The second-order valence-electron chi connectivity index (χ2n) is 5.36. The van der Waals surface area contributed by atoms with E-state index in [0.717, 1.165) is 23.6 Å². The van der Waals surface area contributed by atoms with E-state index in [1.165, 1.54) is 11.1 Å². The molecule has 3 rings (SSSR count). The molecular formula is C18H20N4O. The van der Waals surface area contributed by atoms with Crippen LogP contribution >= 0.6 is 0 Å². The molecule has 3 aromatic rings. The van der Waals surface area contributed by atoms with Crippen LogP contribution in [0.3, 0.4) is 0 Å². The maximum absolute atomic E-state index is 5.82. The Bertz CT molecular complexity index is 750. The third-order valence-corrected chi connectivity index (χ3v) is 3.82. The average Bonchev–Trinajstić information content (AvgIpc) is 2.98. The molecular weight excluding hydrogens is 288 g/mol. The van der Waals surface area contributed by atoms with E-state index in [-0.39, 0.29) is 0 Å². The number of nitrogens with zero attached hydrogens (tertiary/aromatic N) is 3. The van der Waals surface area contributed by atoms with E-state index < -0.39 is 0 Å². The fourth-order valence-corrected chi connectivity index (χ4v) is 2.54. The third kappa shape index (κ3) is 3.57. The molecule has 0 saturated heterocycles. The molecule has 0 aliphatic heterocycles. The molecule has 0 aliphatic carbocycles. The van der Waals surface area contributed by atoms with Gasteiger partial charge in [-0.25, -0.2) is 4.68 Å². The molecule has 23 heavy (non-hydrogen) atoms. The number of hydrogen-bond acceptors (Lipinski definition) is 4. The van der Waals surface area contributed by atoms with Crippen LogP contribution in [0.4, 0.5) is 0 Å². The number of hydrogen-bond donors (Lipinski definition) is 1. The highest BCUT2D eigenvalue weighted by molar-refractivity contribution is 5.31. The Balaban J connectivity index is 1.86. The molecule has 0 fully saturated rings. The zero-order chi connectivity index (χ0) is 16.1. The summed E-state index contributed by atoms with van der Waals surface area (Å²) in [5, 5.41) is 8.50. The molecule has 0 bridgehead atoms. The lowest BCUT2D eigenvalue weighted by molar-refractivity contribution is 0.414. The Hall–Kier alpha value is -2.66. The first kappa shape index (κ1) is 15.2. The lowest BCUT2D eigenvalue weighted by Crippen LogP contribution is -2.09. The predicted molar refractivity (Wildman–Crippen MR) is 89.3 cm³/mol. The van der Waals surface area contributed by atoms with Gasteiger partial charge >= 0.3 is 0 Å². The summed E-state index contributed by atoms with van der Waals surface area (Å²) in [6.07, 6.45) is 0.746. The van der Waals surface area contributed by atoms with Gasteiger partial charge in [-0.15, -0.1) is 5.10 Å². The van der Waals surface area contributed by atoms with Crippen LogP contribution in [0.2, 0.25) is 0 Å². The second kappa shape index (κ2) is 7.07. The topological polar surface area (TPSA) is 66.0 Å². The van der Waals surface area contributed by atoms with Crippen molar-refractivity contribution < 1.29 is 4.74 Å². The van der Waals surface area contributed by atoms with Crippen molar-refractivity contribution in [2.75, 3.05) is 7.11 Å². The van der Waals surface area contributed by atoms with E-state index >= 15 is 0 Å². The van der Waals surface area contributed by atoms with Crippen LogP contribution in [-0.2, 0) is 19.5 Å². The zero-order valence-corrected chi connectivity index (χ0v) is 13.1. The Morgan fingerprint density at radius 2 is 1.74 bits per heavy atom. The summed E-state index contributed by atoms with van der Waals surface area (Å²) in [4.78, 5) is 0. The first-order chi connectivity index (χ1) is 11.3. The molecule has 0 atom stereocenters. The molecule has 5 heteroatoms. The SMILES string of the molecule is COc1ccc(Cc2c(CN)nnn2Cc2ccccc2)cc1. The Kier molecular flexibility index (Phi) is 4.68. The molecule has 1 aromatic heterocycles. The minimum atomic E-state index is 0.389. The number of benzene rings is 2. The van der Waals surface area contributed by atoms with Crippen molar-refractivity contribution in [2.24, 2.45) is 5.73 Å². The second-order valence-corrected chi connectivity index (χ2v) is 5.36. The van der Waals surface area contributed by atoms with E-state index in [9.17, 15) is 0 Å². The smallest absolute Gasteiger partial charge is 0.118 e. The van der Waals surface area contributed by atoms with Gasteiger partial charge in [0.15, 0.2) is 0 Å². The number of ether oxygens (including phenoxy) is 1. The van der Waals surface area contributed by atoms with Crippen LogP contribution in [0.5, 0.6) is 5.75 Å². The monoisotopic (exact) mass is 308 g/mol. The quantitative estimate of drug-likeness (QED) is 0.759. The average molecular weight is 308 g/mol. The maximum Gasteiger partial charge on any atom is 0.118 e. The van der Waals surface area contributed by atoms with Crippen molar-refractivity contribution in [1.29, 1.82) is 0 Å². The minimum Gasteiger partial charge on any atom is -0.497 e. The number of rotatable bonds is 6. The predicted octanol–water partition coefficient (Wildman–Crippen LogP) is 2.38. The molecule has 0 aliphatic rings. The molecule has 0 amide bonds. The van der Waals surface area contributed by atoms with Crippen molar-refractivity contribution in [3.8, 4) is 5.75 Å². The lowest BCUT2D eigenvalue weighted by atomic mass is 10.1. The van der Waals surface area contributed by atoms with Crippen molar-refractivity contribution in [1.82, 2.24) is 15.0 Å². The van der Waals surface area contributed by atoms with Crippen LogP contribution in [-0.4, -0.2) is 22.1 Å². The number of nitrogens with two attached hydrogens (primary N) is 1. The highest BCUT2D eigenvalue weighted by Crippen LogP contribution is 2.17. The van der Waals surface area contributed by atoms with Gasteiger partial charge in [-0.3, -0.25) is 0 Å². The van der Waals surface area contributed by atoms with Gasteiger partial charge in [0.05, 0.1) is 25.0 Å². The Labute approximate surface area is 135 Å². The van der Waals surface area contributed by atoms with Crippen molar-refractivity contribution in [2.45, 2.75) is 19.5 Å². The summed E-state index contributed by atoms with van der Waals surface area (Å²) >= 11 is 0. The summed E-state index contributed by atoms with van der Waals surface area (Å²) in [5.41, 5.74) is 10.1. The van der Waals surface area contributed by atoms with Gasteiger partial charge in [0.1, 0.15) is 5.75 Å². The fraction of sp³-hybridized carbons (Fsp3) is 0.222. The summed E-state index contributed by atoms with van der Waals surface area (Å²) in [5.74, 6) is 0.851. The molecule has 1 heterocycles. The minimum absolute atomic E-state index is 0.389. The zero-order valence-electron chi connectivity index (χ0n) is 13.1. The Morgan fingerprint density at radius 3 is 2.39 bits per heavy atom. The normalized spacial score (nSPS) is 10.7. The third-order valence-electron chi connectivity index (χ3n) is 3.82. The first-order valence-corrected chi connectivity index (χ1v) is 7.58. The van der Waals surface area contributed by atoms with Crippen molar-refractivity contribution in [3.05, 3.63) is 77.1 Å². The number of methoxy groups -OCH3 is 1. The molecule has 2 aromatic carbocycles. The summed E-state index contributed by atoms with van der Waals surface area (Å²) in [7, 11) is 1.67.